The Morgan fingerprint density at radius 2 is 1.95 bits per heavy atom. The van der Waals surface area contributed by atoms with E-state index in [1.807, 2.05) is 12.1 Å². The second-order valence-corrected chi connectivity index (χ2v) is 13.2. The van der Waals surface area contributed by atoms with Gasteiger partial charge in [-0.1, -0.05) is 25.1 Å². The summed E-state index contributed by atoms with van der Waals surface area (Å²) < 4.78 is 20.9. The molecule has 0 saturated carbocycles. The molecule has 1 aromatic heterocycles. The predicted octanol–water partition coefficient (Wildman–Crippen LogP) is 4.36. The predicted molar refractivity (Wildman–Crippen MR) is 162 cm³/mol. The maximum atomic E-state index is 14.5. The third-order valence-electron chi connectivity index (χ3n) is 10.5. The van der Waals surface area contributed by atoms with Gasteiger partial charge in [0.05, 0.1) is 17.8 Å². The van der Waals surface area contributed by atoms with Gasteiger partial charge >= 0.3 is 6.01 Å². The molecule has 4 saturated heterocycles. The van der Waals surface area contributed by atoms with Gasteiger partial charge in [0.15, 0.2) is 0 Å². The van der Waals surface area contributed by atoms with Crippen molar-refractivity contribution in [2.75, 3.05) is 49.1 Å². The number of aromatic nitrogens is 2. The topological polar surface area (TPSA) is 77.0 Å². The molecule has 4 fully saturated rings. The van der Waals surface area contributed by atoms with Crippen LogP contribution in [-0.2, 0) is 19.4 Å². The molecule has 3 unspecified atom stereocenters. The molecule has 3 aromatic rings. The fourth-order valence-corrected chi connectivity index (χ4v) is 8.55. The Bertz CT molecular complexity index is 1510. The van der Waals surface area contributed by atoms with Gasteiger partial charge in [-0.15, -0.1) is 0 Å². The fourth-order valence-electron chi connectivity index (χ4n) is 8.55. The number of phenolic OH excluding ortho intramolecular Hbond substituents is 1. The second kappa shape index (κ2) is 10.2. The van der Waals surface area contributed by atoms with E-state index >= 15 is 0 Å². The van der Waals surface area contributed by atoms with Crippen LogP contribution in [0.25, 0.3) is 10.8 Å². The lowest BCUT2D eigenvalue weighted by molar-refractivity contribution is 0.107. The number of benzene rings is 2. The number of ether oxygens (including phenoxy) is 1. The number of hydrogen-bond acceptors (Lipinski definition) is 8. The van der Waals surface area contributed by atoms with E-state index in [1.165, 1.54) is 29.4 Å². The number of rotatable bonds is 6. The summed E-state index contributed by atoms with van der Waals surface area (Å²) in [5, 5.41) is 16.7. The Labute approximate surface area is 246 Å². The van der Waals surface area contributed by atoms with E-state index in [4.69, 9.17) is 14.7 Å². The van der Waals surface area contributed by atoms with Crippen LogP contribution < -0.4 is 19.9 Å². The number of nitrogens with zero attached hydrogens (tertiary/aromatic N) is 5. The molecular formula is C33H41FN6O2. The molecule has 0 radical (unpaired) electrons. The van der Waals surface area contributed by atoms with Crippen molar-refractivity contribution in [2.24, 2.45) is 0 Å². The van der Waals surface area contributed by atoms with Crippen molar-refractivity contribution in [3.8, 4) is 11.8 Å². The van der Waals surface area contributed by atoms with Crippen LogP contribution in [0.15, 0.2) is 30.3 Å². The molecule has 222 valence electrons. The Kier molecular flexibility index (Phi) is 6.44. The van der Waals surface area contributed by atoms with Gasteiger partial charge in [-0.05, 0) is 62.1 Å². The molecule has 9 heteroatoms. The molecule has 0 spiro atoms. The van der Waals surface area contributed by atoms with Crippen LogP contribution >= 0.6 is 0 Å². The number of piperazine rings is 1. The summed E-state index contributed by atoms with van der Waals surface area (Å²) in [6.45, 7) is 7.41. The molecular weight excluding hydrogens is 531 g/mol. The number of halogens is 1. The minimum atomic E-state index is -0.788. The quantitative estimate of drug-likeness (QED) is 0.452. The standard InChI is InChI=1S/C33H41FN6O2/c1-2-21-5-3-6-22-13-26(41)14-29(30(21)22)38-12-9-27-28(19-38)36-32(37-31(27)39-17-24-7-8-25(18-39)35-24)42-20-33-10-4-11-40(33)16-23(34)15-33/h3,5-6,13-14,23-25,35,41H,2,4,7-12,15-20H2,1H3/t23-,24?,25?,33?/m1/s1. The van der Waals surface area contributed by atoms with Gasteiger partial charge < -0.3 is 25.0 Å². The number of nitrogens with one attached hydrogen (secondary N) is 1. The van der Waals surface area contributed by atoms with Crippen LogP contribution in [0, 0.1) is 0 Å². The zero-order valence-electron chi connectivity index (χ0n) is 24.5. The van der Waals surface area contributed by atoms with Crippen LogP contribution in [-0.4, -0.2) is 83.1 Å². The highest BCUT2D eigenvalue weighted by Crippen LogP contribution is 2.41. The molecule has 2 bridgehead atoms. The first-order chi connectivity index (χ1) is 20.5. The van der Waals surface area contributed by atoms with E-state index in [-0.39, 0.29) is 11.3 Å². The van der Waals surface area contributed by atoms with Gasteiger partial charge in [0.1, 0.15) is 24.3 Å². The molecule has 5 aliphatic heterocycles. The second-order valence-electron chi connectivity index (χ2n) is 13.2. The Balaban J connectivity index is 1.15. The number of aryl methyl sites for hydroxylation is 1. The van der Waals surface area contributed by atoms with Crippen LogP contribution in [0.2, 0.25) is 0 Å². The molecule has 8 nitrogen and oxygen atoms in total. The first kappa shape index (κ1) is 26.5. The SMILES string of the molecule is CCc1cccc2cc(O)cc(N3CCc4c(nc(OCC56CCCN5C[C@H](F)C6)nc4N4CC5CCC(C4)N5)C3)c12. The maximum Gasteiger partial charge on any atom is 0.318 e. The summed E-state index contributed by atoms with van der Waals surface area (Å²) in [7, 11) is 0. The highest BCUT2D eigenvalue weighted by atomic mass is 19.1. The highest BCUT2D eigenvalue weighted by Gasteiger charge is 2.49. The lowest BCUT2D eigenvalue weighted by atomic mass is 9.95. The molecule has 2 N–H and O–H groups in total. The first-order valence-electron chi connectivity index (χ1n) is 15.9. The van der Waals surface area contributed by atoms with E-state index < -0.39 is 6.17 Å². The highest BCUT2D eigenvalue weighted by molar-refractivity contribution is 5.98. The number of alkyl halides is 1. The summed E-state index contributed by atoms with van der Waals surface area (Å²) in [5.41, 5.74) is 4.30. The normalized spacial score (nSPS) is 28.9. The van der Waals surface area contributed by atoms with E-state index in [0.29, 0.717) is 44.2 Å². The minimum Gasteiger partial charge on any atom is -0.508 e. The van der Waals surface area contributed by atoms with E-state index in [0.717, 1.165) is 74.4 Å². The summed E-state index contributed by atoms with van der Waals surface area (Å²) in [5.74, 6) is 1.29. The smallest absolute Gasteiger partial charge is 0.318 e. The van der Waals surface area contributed by atoms with E-state index in [2.05, 4.69) is 45.1 Å². The summed E-state index contributed by atoms with van der Waals surface area (Å²) in [6.07, 6.45) is 5.96. The van der Waals surface area contributed by atoms with Gasteiger partial charge in [0.2, 0.25) is 0 Å². The third-order valence-corrected chi connectivity index (χ3v) is 10.5. The van der Waals surface area contributed by atoms with Crippen molar-refractivity contribution in [3.05, 3.63) is 47.2 Å². The van der Waals surface area contributed by atoms with Gasteiger partial charge in [-0.25, -0.2) is 4.39 Å². The van der Waals surface area contributed by atoms with Crippen LogP contribution in [0.1, 0.15) is 55.8 Å². The lowest BCUT2D eigenvalue weighted by Crippen LogP contribution is -2.52. The zero-order valence-corrected chi connectivity index (χ0v) is 24.5. The Morgan fingerprint density at radius 1 is 1.10 bits per heavy atom. The van der Waals surface area contributed by atoms with E-state index in [1.54, 1.807) is 0 Å². The molecule has 5 aliphatic rings. The lowest BCUT2D eigenvalue weighted by Gasteiger charge is -2.38. The van der Waals surface area contributed by atoms with Crippen molar-refractivity contribution in [3.63, 3.8) is 0 Å². The van der Waals surface area contributed by atoms with Crippen LogP contribution in [0.5, 0.6) is 11.8 Å². The van der Waals surface area contributed by atoms with Gasteiger partial charge in [-0.3, -0.25) is 4.90 Å². The van der Waals surface area contributed by atoms with Crippen LogP contribution in [0.3, 0.4) is 0 Å². The summed E-state index contributed by atoms with van der Waals surface area (Å²) >= 11 is 0. The monoisotopic (exact) mass is 572 g/mol. The Morgan fingerprint density at radius 3 is 2.79 bits per heavy atom. The Hall–Kier alpha value is -3.17. The fraction of sp³-hybridized carbons (Fsp3) is 0.576. The molecule has 6 heterocycles. The number of fused-ring (bicyclic) bond motifs is 5. The van der Waals surface area contributed by atoms with Crippen molar-refractivity contribution in [1.82, 2.24) is 20.2 Å². The van der Waals surface area contributed by atoms with Gasteiger partial charge in [0, 0.05) is 67.4 Å². The molecule has 8 rings (SSSR count). The summed E-state index contributed by atoms with van der Waals surface area (Å²) in [4.78, 5) is 17.2. The average molecular weight is 573 g/mol. The van der Waals surface area contributed by atoms with Crippen molar-refractivity contribution in [2.45, 2.75) is 82.2 Å². The number of aromatic hydroxyl groups is 1. The largest absolute Gasteiger partial charge is 0.508 e. The zero-order chi connectivity index (χ0) is 28.4. The molecule has 42 heavy (non-hydrogen) atoms. The molecule has 0 aliphatic carbocycles. The van der Waals surface area contributed by atoms with Gasteiger partial charge in [0.25, 0.3) is 0 Å². The minimum absolute atomic E-state index is 0.240. The number of anilines is 2. The van der Waals surface area contributed by atoms with E-state index in [9.17, 15) is 9.50 Å². The van der Waals surface area contributed by atoms with Crippen molar-refractivity contribution in [1.29, 1.82) is 0 Å². The summed E-state index contributed by atoms with van der Waals surface area (Å²) in [6, 6.07) is 11.5. The first-order valence-corrected chi connectivity index (χ1v) is 15.9. The number of hydrogen-bond donors (Lipinski definition) is 2. The molecule has 4 atom stereocenters. The molecule has 2 aromatic carbocycles. The number of phenols is 1. The van der Waals surface area contributed by atoms with Crippen molar-refractivity contribution >= 4 is 22.3 Å². The maximum absolute atomic E-state index is 14.5. The average Bonchev–Trinajstić information content (AvgIpc) is 3.64. The van der Waals surface area contributed by atoms with Crippen molar-refractivity contribution < 1.29 is 14.2 Å². The van der Waals surface area contributed by atoms with Crippen LogP contribution in [0.4, 0.5) is 15.9 Å². The third kappa shape index (κ3) is 4.47. The molecule has 0 amide bonds. The van der Waals surface area contributed by atoms with Gasteiger partial charge in [-0.2, -0.15) is 9.97 Å².